The molecular formula is C11H22IO3S-. The van der Waals surface area contributed by atoms with E-state index in [9.17, 15) is 3.07 Å². The third kappa shape index (κ3) is 3.05. The Kier molecular flexibility index (Phi) is 5.41. The molecule has 1 saturated carbocycles. The Morgan fingerprint density at radius 1 is 1.19 bits per heavy atom. The summed E-state index contributed by atoms with van der Waals surface area (Å²) in [6.45, 7) is 0. The Balaban J connectivity index is 2.78. The van der Waals surface area contributed by atoms with Crippen LogP contribution in [0.2, 0.25) is 0 Å². The van der Waals surface area contributed by atoms with Crippen molar-refractivity contribution >= 4 is 36.0 Å². The van der Waals surface area contributed by atoms with Crippen molar-refractivity contribution in [1.29, 1.82) is 0 Å². The van der Waals surface area contributed by atoms with Crippen molar-refractivity contribution < 1.29 is 12.5 Å². The van der Waals surface area contributed by atoms with Crippen LogP contribution < -0.4 is 0 Å². The minimum atomic E-state index is -3.01. The fourth-order valence-corrected chi connectivity index (χ4v) is 9.52. The van der Waals surface area contributed by atoms with Crippen LogP contribution in [0.1, 0.15) is 19.3 Å². The van der Waals surface area contributed by atoms with Gasteiger partial charge in [0.05, 0.1) is 0 Å². The number of halogens is 1. The van der Waals surface area contributed by atoms with Gasteiger partial charge in [-0.15, -0.1) is 0 Å². The number of alkyl halides is 2. The van der Waals surface area contributed by atoms with Crippen LogP contribution in [0.5, 0.6) is 0 Å². The number of hydrogen-bond acceptors (Lipinski definition) is 4. The van der Waals surface area contributed by atoms with E-state index in [2.05, 4.69) is 11.7 Å². The predicted molar refractivity (Wildman–Crippen MR) is 81.5 cm³/mol. The molecule has 0 N–H and O–H groups in total. The van der Waals surface area contributed by atoms with Crippen molar-refractivity contribution in [2.45, 2.75) is 35.4 Å². The average Bonchev–Trinajstić information content (AvgIpc) is 2.27. The standard InChI is InChI=1S/C11H22IO3S/c1-12(13,16(4)5)9-6-7-10(14-2)11(8-9)15-3/h9-11H,4-8H2,1-3H3/q-1. The summed E-state index contributed by atoms with van der Waals surface area (Å²) in [6, 6.07) is 0. The first-order valence-electron chi connectivity index (χ1n) is 5.24. The molecule has 1 fully saturated rings. The molecule has 0 spiro atoms. The van der Waals surface area contributed by atoms with Gasteiger partial charge in [0.25, 0.3) is 0 Å². The van der Waals surface area contributed by atoms with Crippen molar-refractivity contribution in [3.05, 3.63) is 0 Å². The van der Waals surface area contributed by atoms with Crippen molar-refractivity contribution in [2.75, 3.05) is 19.2 Å². The molecule has 0 heterocycles. The zero-order valence-electron chi connectivity index (χ0n) is 10.3. The molecule has 3 nitrogen and oxygen atoms in total. The van der Waals surface area contributed by atoms with E-state index >= 15 is 0 Å². The minimum absolute atomic E-state index is 0.0733. The van der Waals surface area contributed by atoms with Crippen LogP contribution in [0.15, 0.2) is 0 Å². The van der Waals surface area contributed by atoms with E-state index in [4.69, 9.17) is 9.47 Å². The number of hydrogen-bond donors (Lipinski definition) is 0. The molecule has 0 amide bonds. The van der Waals surface area contributed by atoms with E-state index in [-0.39, 0.29) is 16.1 Å². The van der Waals surface area contributed by atoms with Crippen LogP contribution in [-0.2, 0) is 19.8 Å². The quantitative estimate of drug-likeness (QED) is 0.333. The first kappa shape index (κ1) is 14.6. The number of ether oxygens (including phenoxy) is 2. The van der Waals surface area contributed by atoms with E-state index in [1.807, 2.05) is 4.93 Å². The molecule has 0 bridgehead atoms. The van der Waals surface area contributed by atoms with E-state index < -0.39 is 24.3 Å². The van der Waals surface area contributed by atoms with Crippen molar-refractivity contribution in [2.24, 2.45) is 0 Å². The summed E-state index contributed by atoms with van der Waals surface area (Å²) in [5.41, 5.74) is 0. The van der Waals surface area contributed by atoms with E-state index in [1.165, 1.54) is 0 Å². The molecule has 5 heteroatoms. The van der Waals surface area contributed by atoms with Crippen LogP contribution in [0.4, 0.5) is 0 Å². The molecule has 1 aliphatic carbocycles. The van der Waals surface area contributed by atoms with Gasteiger partial charge in [-0.3, -0.25) is 0 Å². The van der Waals surface area contributed by atoms with E-state index in [0.717, 1.165) is 19.3 Å². The van der Waals surface area contributed by atoms with Gasteiger partial charge < -0.3 is 0 Å². The summed E-state index contributed by atoms with van der Waals surface area (Å²) in [7, 11) is 2.98. The fraction of sp³-hybridized carbons (Fsp3) is 0.818. The molecule has 1 rings (SSSR count). The van der Waals surface area contributed by atoms with Gasteiger partial charge in [-0.25, -0.2) is 0 Å². The Morgan fingerprint density at radius 2 is 1.75 bits per heavy atom. The monoisotopic (exact) mass is 361 g/mol. The summed E-state index contributed by atoms with van der Waals surface area (Å²) in [6.07, 6.45) is 2.95. The average molecular weight is 361 g/mol. The normalized spacial score (nSPS) is 36.9. The molecule has 16 heavy (non-hydrogen) atoms. The Morgan fingerprint density at radius 3 is 2.19 bits per heavy atom. The SMILES string of the molecule is C=[S-](=C)I(C)(=O)C1CCC(OC)C(OC)C1. The number of methoxy groups -OCH3 is 2. The first-order valence-corrected chi connectivity index (χ1v) is 13.6. The molecule has 0 aromatic carbocycles. The molecule has 0 saturated heterocycles. The zero-order chi connectivity index (χ0) is 12.3. The zero-order valence-corrected chi connectivity index (χ0v) is 13.3. The predicted octanol–water partition coefficient (Wildman–Crippen LogP) is 1.98. The maximum atomic E-state index is 12.6. The molecule has 0 radical (unpaired) electrons. The molecule has 4 atom stereocenters. The summed E-state index contributed by atoms with van der Waals surface area (Å²) in [5, 5.41) is 0. The molecule has 4 unspecified atom stereocenters. The molecule has 0 aliphatic heterocycles. The van der Waals surface area contributed by atoms with Crippen LogP contribution in [0.25, 0.3) is 0 Å². The second-order valence-corrected chi connectivity index (χ2v) is 19.0. The summed E-state index contributed by atoms with van der Waals surface area (Å²) in [5.74, 6) is 7.77. The van der Waals surface area contributed by atoms with Gasteiger partial charge in [0.1, 0.15) is 0 Å². The second kappa shape index (κ2) is 5.93. The summed E-state index contributed by atoms with van der Waals surface area (Å²) in [4.78, 5) is 1.90. The van der Waals surface area contributed by atoms with Gasteiger partial charge >= 0.3 is 103 Å². The third-order valence-corrected chi connectivity index (χ3v) is 17.6. The molecule has 0 aromatic heterocycles. The van der Waals surface area contributed by atoms with Gasteiger partial charge in [-0.05, 0) is 0 Å². The van der Waals surface area contributed by atoms with Gasteiger partial charge in [0.2, 0.25) is 0 Å². The molecule has 98 valence electrons. The van der Waals surface area contributed by atoms with Crippen LogP contribution in [0, 0.1) is 0 Å². The van der Waals surface area contributed by atoms with E-state index in [0.29, 0.717) is 0 Å². The van der Waals surface area contributed by atoms with Gasteiger partial charge in [-0.1, -0.05) is 0 Å². The second-order valence-electron chi connectivity index (χ2n) is 4.15. The number of rotatable bonds is 4. The molecule has 0 aromatic rings. The maximum absolute atomic E-state index is 12.6. The summed E-state index contributed by atoms with van der Waals surface area (Å²) < 4.78 is 23.7. The van der Waals surface area contributed by atoms with Crippen LogP contribution in [0.3, 0.4) is 0 Å². The molecule has 1 aliphatic rings. The van der Waals surface area contributed by atoms with E-state index in [1.54, 1.807) is 14.2 Å². The van der Waals surface area contributed by atoms with Crippen molar-refractivity contribution in [3.63, 3.8) is 0 Å². The molecular weight excluding hydrogens is 339 g/mol. The van der Waals surface area contributed by atoms with Crippen LogP contribution in [-0.4, -0.2) is 47.0 Å². The fourth-order valence-electron chi connectivity index (χ4n) is 2.11. The first-order chi connectivity index (χ1) is 7.43. The topological polar surface area (TPSA) is 35.5 Å². The van der Waals surface area contributed by atoms with Gasteiger partial charge in [-0.2, -0.15) is 0 Å². The third-order valence-electron chi connectivity index (χ3n) is 3.27. The van der Waals surface area contributed by atoms with Crippen molar-refractivity contribution in [3.8, 4) is 0 Å². The Labute approximate surface area is 103 Å². The van der Waals surface area contributed by atoms with Gasteiger partial charge in [0, 0.05) is 0 Å². The van der Waals surface area contributed by atoms with Crippen molar-refractivity contribution in [1.82, 2.24) is 0 Å². The Hall–Kier alpha value is 0.540. The van der Waals surface area contributed by atoms with Gasteiger partial charge in [0.15, 0.2) is 0 Å². The van der Waals surface area contributed by atoms with Crippen LogP contribution >= 0.6 is 17.0 Å². The Bertz CT molecular complexity index is 343. The summed E-state index contributed by atoms with van der Waals surface area (Å²) >= 11 is -3.01.